The van der Waals surface area contributed by atoms with Crippen LogP contribution in [0.25, 0.3) is 12.2 Å². The number of hydrogen-bond donors (Lipinski definition) is 2. The van der Waals surface area contributed by atoms with E-state index in [0.717, 1.165) is 0 Å². The predicted octanol–water partition coefficient (Wildman–Crippen LogP) is 0.954. The first-order valence-electron chi connectivity index (χ1n) is 5.75. The third-order valence-electron chi connectivity index (χ3n) is 2.64. The smallest absolute Gasteiger partial charge is 0.301 e. The van der Waals surface area contributed by atoms with Crippen molar-refractivity contribution in [2.45, 2.75) is 0 Å². The van der Waals surface area contributed by atoms with E-state index in [-0.39, 0.29) is 5.69 Å². The number of nitrogens with one attached hydrogen (secondary N) is 2. The van der Waals surface area contributed by atoms with E-state index >= 15 is 0 Å². The number of H-pyrrole nitrogens is 2. The monoisotopic (exact) mass is 287 g/mol. The minimum absolute atomic E-state index is 0.201. The van der Waals surface area contributed by atoms with Gasteiger partial charge in [0, 0.05) is 5.56 Å². The molecule has 21 heavy (non-hydrogen) atoms. The topological polar surface area (TPSA) is 126 Å². The number of benzene rings is 1. The van der Waals surface area contributed by atoms with Crippen LogP contribution in [0, 0.1) is 10.1 Å². The lowest BCUT2D eigenvalue weighted by Gasteiger charge is -1.97. The van der Waals surface area contributed by atoms with Gasteiger partial charge >= 0.3 is 16.9 Å². The molecule has 0 aliphatic carbocycles. The fourth-order valence-corrected chi connectivity index (χ4v) is 1.66. The van der Waals surface area contributed by atoms with Crippen LogP contribution in [0.1, 0.15) is 21.6 Å². The molecule has 0 unspecified atom stereocenters. The summed E-state index contributed by atoms with van der Waals surface area (Å²) in [6.45, 7) is 0. The Morgan fingerprint density at radius 3 is 2.19 bits per heavy atom. The first kappa shape index (κ1) is 14.1. The van der Waals surface area contributed by atoms with Crippen LogP contribution in [0.4, 0.5) is 5.69 Å². The van der Waals surface area contributed by atoms with Crippen molar-refractivity contribution in [1.29, 1.82) is 0 Å². The molecule has 2 rings (SSSR count). The number of rotatable bonds is 4. The fourth-order valence-electron chi connectivity index (χ4n) is 1.66. The van der Waals surface area contributed by atoms with Gasteiger partial charge in [0.2, 0.25) is 0 Å². The molecule has 1 aromatic carbocycles. The van der Waals surface area contributed by atoms with Gasteiger partial charge in [0.05, 0.1) is 4.92 Å². The molecule has 0 radical (unpaired) electrons. The molecule has 8 heteroatoms. The summed E-state index contributed by atoms with van der Waals surface area (Å²) in [7, 11) is 0. The van der Waals surface area contributed by atoms with Crippen LogP contribution in [0.3, 0.4) is 0 Å². The van der Waals surface area contributed by atoms with Crippen molar-refractivity contribution in [3.05, 3.63) is 72.0 Å². The van der Waals surface area contributed by atoms with Crippen LogP contribution in [-0.2, 0) is 0 Å². The molecular weight excluding hydrogens is 278 g/mol. The summed E-state index contributed by atoms with van der Waals surface area (Å²) in [6, 6.07) is 6.39. The molecule has 0 spiro atoms. The van der Waals surface area contributed by atoms with Gasteiger partial charge in [-0.05, 0) is 11.6 Å². The molecule has 0 bridgehead atoms. The van der Waals surface area contributed by atoms with Crippen molar-refractivity contribution in [1.82, 2.24) is 9.97 Å². The summed E-state index contributed by atoms with van der Waals surface area (Å²) < 4.78 is 0. The van der Waals surface area contributed by atoms with E-state index in [1.54, 1.807) is 29.2 Å². The van der Waals surface area contributed by atoms with Gasteiger partial charge in [-0.3, -0.25) is 24.7 Å². The fraction of sp³-hybridized carbons (Fsp3) is 0. The molecule has 0 aliphatic rings. The molecule has 0 saturated carbocycles. The minimum Gasteiger partial charge on any atom is -0.301 e. The summed E-state index contributed by atoms with van der Waals surface area (Å²) >= 11 is 0. The second kappa shape index (κ2) is 5.78. The van der Waals surface area contributed by atoms with Crippen molar-refractivity contribution in [3.8, 4) is 0 Å². The Morgan fingerprint density at radius 1 is 1.00 bits per heavy atom. The predicted molar refractivity (Wildman–Crippen MR) is 75.1 cm³/mol. The van der Waals surface area contributed by atoms with Gasteiger partial charge < -0.3 is 4.98 Å². The molecule has 1 heterocycles. The van der Waals surface area contributed by atoms with Crippen molar-refractivity contribution in [2.24, 2.45) is 0 Å². The first-order valence-corrected chi connectivity index (χ1v) is 5.75. The van der Waals surface area contributed by atoms with Gasteiger partial charge in [-0.1, -0.05) is 30.3 Å². The maximum absolute atomic E-state index is 11.4. The Hall–Kier alpha value is -3.29. The molecule has 0 fully saturated rings. The Balaban J connectivity index is 2.44. The quantitative estimate of drug-likeness (QED) is 0.492. The lowest BCUT2D eigenvalue weighted by molar-refractivity contribution is -0.386. The number of aromatic amines is 2. The normalized spacial score (nSPS) is 10.7. The Bertz CT molecular complexity index is 830. The van der Waals surface area contributed by atoms with Crippen LogP contribution >= 0.6 is 0 Å². The third kappa shape index (κ3) is 3.18. The molecule has 0 atom stereocenters. The number of nitrogens with zero attached hydrogens (tertiary/aromatic N) is 1. The summed E-state index contributed by atoms with van der Waals surface area (Å²) in [5.74, 6) is 0. The van der Waals surface area contributed by atoms with Gasteiger partial charge in [-0.25, -0.2) is 4.79 Å². The Kier molecular flexibility index (Phi) is 3.89. The lowest BCUT2D eigenvalue weighted by atomic mass is 10.1. The van der Waals surface area contributed by atoms with Crippen molar-refractivity contribution < 1.29 is 9.72 Å². The van der Waals surface area contributed by atoms with Crippen molar-refractivity contribution in [2.75, 3.05) is 0 Å². The molecule has 0 aliphatic heterocycles. The highest BCUT2D eigenvalue weighted by Gasteiger charge is 2.18. The van der Waals surface area contributed by atoms with E-state index in [2.05, 4.69) is 4.98 Å². The summed E-state index contributed by atoms with van der Waals surface area (Å²) in [5.41, 5.74) is -1.71. The molecule has 0 amide bonds. The zero-order valence-corrected chi connectivity index (χ0v) is 10.5. The van der Waals surface area contributed by atoms with E-state index in [0.29, 0.717) is 17.4 Å². The Morgan fingerprint density at radius 2 is 1.62 bits per heavy atom. The van der Waals surface area contributed by atoms with Crippen LogP contribution < -0.4 is 11.2 Å². The lowest BCUT2D eigenvalue weighted by Crippen LogP contribution is -2.25. The van der Waals surface area contributed by atoms with Crippen LogP contribution in [0.5, 0.6) is 0 Å². The Labute approximate surface area is 116 Å². The SMILES string of the molecule is O=Cc1ccc(C=Cc2[nH]c(=O)[nH]c(=O)c2[N+](=O)[O-])cc1. The number of aromatic nitrogens is 2. The second-order valence-corrected chi connectivity index (χ2v) is 4.05. The standard InChI is InChI=1S/C13H9N3O5/c17-7-9-3-1-8(2-4-9)5-6-10-11(16(20)21)12(18)15-13(19)14-10/h1-7H,(H2,14,15,18,19). The summed E-state index contributed by atoms with van der Waals surface area (Å²) in [5, 5.41) is 10.8. The number of hydrogen-bond acceptors (Lipinski definition) is 5. The molecule has 8 nitrogen and oxygen atoms in total. The zero-order valence-electron chi connectivity index (χ0n) is 10.5. The van der Waals surface area contributed by atoms with E-state index < -0.39 is 21.9 Å². The van der Waals surface area contributed by atoms with E-state index in [1.807, 2.05) is 0 Å². The highest BCUT2D eigenvalue weighted by atomic mass is 16.6. The van der Waals surface area contributed by atoms with Gasteiger partial charge in [-0.15, -0.1) is 0 Å². The highest BCUT2D eigenvalue weighted by Crippen LogP contribution is 2.13. The number of aldehydes is 1. The van der Waals surface area contributed by atoms with E-state index in [4.69, 9.17) is 0 Å². The summed E-state index contributed by atoms with van der Waals surface area (Å²) in [4.78, 5) is 47.1. The first-order chi connectivity index (χ1) is 10.0. The molecular formula is C13H9N3O5. The molecule has 2 aromatic rings. The second-order valence-electron chi connectivity index (χ2n) is 4.05. The van der Waals surface area contributed by atoms with Crippen LogP contribution in [0.2, 0.25) is 0 Å². The highest BCUT2D eigenvalue weighted by molar-refractivity contribution is 5.77. The van der Waals surface area contributed by atoms with Gasteiger partial charge in [0.15, 0.2) is 0 Å². The minimum atomic E-state index is -1.07. The number of nitro groups is 1. The molecule has 0 saturated heterocycles. The van der Waals surface area contributed by atoms with E-state index in [9.17, 15) is 24.5 Å². The van der Waals surface area contributed by atoms with Gasteiger partial charge in [0.1, 0.15) is 12.0 Å². The maximum Gasteiger partial charge on any atom is 0.357 e. The molecule has 2 N–H and O–H groups in total. The van der Waals surface area contributed by atoms with Gasteiger partial charge in [0.25, 0.3) is 0 Å². The van der Waals surface area contributed by atoms with Crippen molar-refractivity contribution >= 4 is 24.1 Å². The molecule has 106 valence electrons. The average Bonchev–Trinajstić information content (AvgIpc) is 2.44. The third-order valence-corrected chi connectivity index (χ3v) is 2.64. The number of carbonyl (C=O) groups is 1. The largest absolute Gasteiger partial charge is 0.357 e. The number of carbonyl (C=O) groups excluding carboxylic acids is 1. The van der Waals surface area contributed by atoms with Crippen LogP contribution in [0.15, 0.2) is 33.9 Å². The zero-order chi connectivity index (χ0) is 15.4. The average molecular weight is 287 g/mol. The van der Waals surface area contributed by atoms with Gasteiger partial charge in [-0.2, -0.15) is 0 Å². The van der Waals surface area contributed by atoms with Crippen molar-refractivity contribution in [3.63, 3.8) is 0 Å². The summed E-state index contributed by atoms with van der Waals surface area (Å²) in [6.07, 6.45) is 3.42. The molecule has 1 aromatic heterocycles. The van der Waals surface area contributed by atoms with Crippen LogP contribution in [-0.4, -0.2) is 21.2 Å². The van der Waals surface area contributed by atoms with E-state index in [1.165, 1.54) is 12.2 Å². The maximum atomic E-state index is 11.4.